The molecule has 1 radical (unpaired) electrons. The van der Waals surface area contributed by atoms with Crippen LogP contribution in [0.15, 0.2) is 12.1 Å². The SMILES string of the molecule is [CH2]C(c1c(F)cc(F)cc1F)N1CCCCC1. The molecule has 1 fully saturated rings. The van der Waals surface area contributed by atoms with Crippen LogP contribution in [0.3, 0.4) is 0 Å². The van der Waals surface area contributed by atoms with Gasteiger partial charge in [-0.15, -0.1) is 0 Å². The fourth-order valence-electron chi connectivity index (χ4n) is 2.28. The van der Waals surface area contributed by atoms with E-state index in [-0.39, 0.29) is 5.56 Å². The van der Waals surface area contributed by atoms with Gasteiger partial charge in [-0.2, -0.15) is 0 Å². The molecule has 0 spiro atoms. The maximum Gasteiger partial charge on any atom is 0.133 e. The van der Waals surface area contributed by atoms with Crippen molar-refractivity contribution < 1.29 is 13.2 Å². The van der Waals surface area contributed by atoms with Crippen molar-refractivity contribution >= 4 is 0 Å². The number of likely N-dealkylation sites (tertiary alicyclic amines) is 1. The first-order chi connectivity index (χ1) is 8.09. The van der Waals surface area contributed by atoms with Crippen LogP contribution in [-0.4, -0.2) is 18.0 Å². The Morgan fingerprint density at radius 1 is 1.00 bits per heavy atom. The third kappa shape index (κ3) is 2.63. The summed E-state index contributed by atoms with van der Waals surface area (Å²) in [5.74, 6) is -2.60. The monoisotopic (exact) mass is 242 g/mol. The predicted molar refractivity (Wildman–Crippen MR) is 59.8 cm³/mol. The number of halogens is 3. The van der Waals surface area contributed by atoms with Crippen molar-refractivity contribution in [2.75, 3.05) is 13.1 Å². The molecule has 1 unspecified atom stereocenters. The van der Waals surface area contributed by atoms with E-state index in [1.165, 1.54) is 0 Å². The first kappa shape index (κ1) is 12.4. The van der Waals surface area contributed by atoms with Crippen LogP contribution in [0.1, 0.15) is 30.9 Å². The van der Waals surface area contributed by atoms with Gasteiger partial charge in [-0.05, 0) is 32.9 Å². The minimum absolute atomic E-state index is 0.131. The first-order valence-corrected chi connectivity index (χ1v) is 5.81. The lowest BCUT2D eigenvalue weighted by Crippen LogP contribution is -2.33. The zero-order chi connectivity index (χ0) is 12.4. The Morgan fingerprint density at radius 3 is 2.06 bits per heavy atom. The van der Waals surface area contributed by atoms with E-state index in [2.05, 4.69) is 6.92 Å². The molecule has 1 heterocycles. The van der Waals surface area contributed by atoms with Crippen molar-refractivity contribution in [1.82, 2.24) is 4.90 Å². The molecule has 0 saturated carbocycles. The van der Waals surface area contributed by atoms with Crippen LogP contribution in [0.25, 0.3) is 0 Å². The lowest BCUT2D eigenvalue weighted by atomic mass is 10.0. The van der Waals surface area contributed by atoms with Gasteiger partial charge in [0.2, 0.25) is 0 Å². The standard InChI is InChI=1S/C13H15F3N/c1-9(17-5-3-2-4-6-17)13-11(15)7-10(14)8-12(13)16/h7-9H,1-6H2. The van der Waals surface area contributed by atoms with E-state index in [9.17, 15) is 13.2 Å². The molecule has 1 aliphatic heterocycles. The Bertz CT molecular complexity index is 377. The molecule has 1 atom stereocenters. The van der Waals surface area contributed by atoms with Gasteiger partial charge in [-0.25, -0.2) is 13.2 Å². The van der Waals surface area contributed by atoms with E-state index < -0.39 is 23.5 Å². The highest BCUT2D eigenvalue weighted by Gasteiger charge is 2.24. The van der Waals surface area contributed by atoms with E-state index in [0.717, 1.165) is 32.4 Å². The molecule has 1 aromatic carbocycles. The molecular weight excluding hydrogens is 227 g/mol. The molecule has 2 rings (SSSR count). The Kier molecular flexibility index (Phi) is 3.72. The van der Waals surface area contributed by atoms with Gasteiger partial charge in [0, 0.05) is 23.7 Å². The van der Waals surface area contributed by atoms with Crippen LogP contribution in [0, 0.1) is 24.4 Å². The van der Waals surface area contributed by atoms with E-state index in [4.69, 9.17) is 0 Å². The minimum Gasteiger partial charge on any atom is -0.296 e. The van der Waals surface area contributed by atoms with Gasteiger partial charge in [-0.3, -0.25) is 4.90 Å². The van der Waals surface area contributed by atoms with E-state index >= 15 is 0 Å². The maximum absolute atomic E-state index is 13.6. The van der Waals surface area contributed by atoms with Crippen LogP contribution >= 0.6 is 0 Å². The molecular formula is C13H15F3N. The second kappa shape index (κ2) is 5.08. The molecule has 0 N–H and O–H groups in total. The third-order valence-corrected chi connectivity index (χ3v) is 3.21. The number of hydrogen-bond donors (Lipinski definition) is 0. The topological polar surface area (TPSA) is 3.24 Å². The van der Waals surface area contributed by atoms with Gasteiger partial charge < -0.3 is 0 Å². The number of rotatable bonds is 2. The summed E-state index contributed by atoms with van der Waals surface area (Å²) in [6.07, 6.45) is 3.16. The number of hydrogen-bond acceptors (Lipinski definition) is 1. The Hall–Kier alpha value is -1.03. The molecule has 0 aliphatic carbocycles. The molecule has 0 aromatic heterocycles. The minimum atomic E-state index is -0.894. The zero-order valence-electron chi connectivity index (χ0n) is 9.56. The molecule has 0 amide bonds. The van der Waals surface area contributed by atoms with Gasteiger partial charge in [0.05, 0.1) is 0 Å². The Labute approximate surface area is 99.2 Å². The summed E-state index contributed by atoms with van der Waals surface area (Å²) >= 11 is 0. The predicted octanol–water partition coefficient (Wildman–Crippen LogP) is 3.46. The highest BCUT2D eigenvalue weighted by molar-refractivity contribution is 5.25. The fourth-order valence-corrected chi connectivity index (χ4v) is 2.28. The van der Waals surface area contributed by atoms with E-state index in [1.807, 2.05) is 4.90 Å². The average molecular weight is 242 g/mol. The highest BCUT2D eigenvalue weighted by atomic mass is 19.1. The van der Waals surface area contributed by atoms with Crippen LogP contribution < -0.4 is 0 Å². The maximum atomic E-state index is 13.6. The van der Waals surface area contributed by atoms with Crippen molar-refractivity contribution in [2.24, 2.45) is 0 Å². The first-order valence-electron chi connectivity index (χ1n) is 5.81. The zero-order valence-corrected chi connectivity index (χ0v) is 9.56. The van der Waals surface area contributed by atoms with Crippen LogP contribution in [-0.2, 0) is 0 Å². The smallest absolute Gasteiger partial charge is 0.133 e. The normalized spacial score (nSPS) is 19.3. The van der Waals surface area contributed by atoms with Crippen molar-refractivity contribution in [1.29, 1.82) is 0 Å². The van der Waals surface area contributed by atoms with Crippen molar-refractivity contribution in [3.63, 3.8) is 0 Å². The third-order valence-electron chi connectivity index (χ3n) is 3.21. The molecule has 0 bridgehead atoms. The second-order valence-electron chi connectivity index (χ2n) is 4.40. The van der Waals surface area contributed by atoms with Gasteiger partial charge in [0.1, 0.15) is 17.5 Å². The van der Waals surface area contributed by atoms with Crippen molar-refractivity contribution in [3.05, 3.63) is 42.1 Å². The Balaban J connectivity index is 2.26. The summed E-state index contributed by atoms with van der Waals surface area (Å²) < 4.78 is 39.9. The van der Waals surface area contributed by atoms with Gasteiger partial charge in [0.15, 0.2) is 0 Å². The number of benzene rings is 1. The summed E-state index contributed by atoms with van der Waals surface area (Å²) in [7, 11) is 0. The van der Waals surface area contributed by atoms with Crippen LogP contribution in [0.2, 0.25) is 0 Å². The molecule has 1 aliphatic rings. The summed E-state index contributed by atoms with van der Waals surface area (Å²) in [5, 5.41) is 0. The molecule has 4 heteroatoms. The second-order valence-corrected chi connectivity index (χ2v) is 4.40. The van der Waals surface area contributed by atoms with Gasteiger partial charge in [-0.1, -0.05) is 6.42 Å². The highest BCUT2D eigenvalue weighted by Crippen LogP contribution is 2.28. The van der Waals surface area contributed by atoms with E-state index in [1.54, 1.807) is 0 Å². The number of piperidine rings is 1. The summed E-state index contributed by atoms with van der Waals surface area (Å²) in [6, 6.07) is 0.831. The van der Waals surface area contributed by atoms with Gasteiger partial charge >= 0.3 is 0 Å². The molecule has 1 saturated heterocycles. The molecule has 93 valence electrons. The van der Waals surface area contributed by atoms with E-state index in [0.29, 0.717) is 12.1 Å². The van der Waals surface area contributed by atoms with Crippen LogP contribution in [0.4, 0.5) is 13.2 Å². The van der Waals surface area contributed by atoms with Crippen LogP contribution in [0.5, 0.6) is 0 Å². The summed E-state index contributed by atoms with van der Waals surface area (Å²) in [5.41, 5.74) is -0.131. The molecule has 1 aromatic rings. The van der Waals surface area contributed by atoms with Crippen molar-refractivity contribution in [3.8, 4) is 0 Å². The molecule has 17 heavy (non-hydrogen) atoms. The number of nitrogens with zero attached hydrogens (tertiary/aromatic N) is 1. The summed E-state index contributed by atoms with van der Waals surface area (Å²) in [4.78, 5) is 1.93. The average Bonchev–Trinajstić information content (AvgIpc) is 2.28. The lowest BCUT2D eigenvalue weighted by Gasteiger charge is -2.32. The quantitative estimate of drug-likeness (QED) is 0.767. The van der Waals surface area contributed by atoms with Crippen molar-refractivity contribution in [2.45, 2.75) is 25.3 Å². The Morgan fingerprint density at radius 2 is 1.53 bits per heavy atom. The largest absolute Gasteiger partial charge is 0.296 e. The summed E-state index contributed by atoms with van der Waals surface area (Å²) in [6.45, 7) is 5.37. The fraction of sp³-hybridized carbons (Fsp3) is 0.462. The lowest BCUT2D eigenvalue weighted by molar-refractivity contribution is 0.184. The molecule has 1 nitrogen and oxygen atoms in total. The van der Waals surface area contributed by atoms with Gasteiger partial charge in [0.25, 0.3) is 0 Å².